The Balaban J connectivity index is -0.000000195. The first-order valence-corrected chi connectivity index (χ1v) is 11.1. The molecule has 0 radical (unpaired) electrons. The van der Waals surface area contributed by atoms with Crippen molar-refractivity contribution in [2.75, 3.05) is 0 Å². The van der Waals surface area contributed by atoms with Gasteiger partial charge in [0.2, 0.25) is 0 Å². The fourth-order valence-corrected chi connectivity index (χ4v) is 2.95. The van der Waals surface area contributed by atoms with Gasteiger partial charge in [-0.1, -0.05) is 0 Å². The first kappa shape index (κ1) is 41.6. The van der Waals surface area contributed by atoms with E-state index in [0.717, 1.165) is 12.8 Å². The van der Waals surface area contributed by atoms with Crippen molar-refractivity contribution in [3.63, 3.8) is 0 Å². The van der Waals surface area contributed by atoms with Crippen LogP contribution in [-0.4, -0.2) is 85.0 Å². The third-order valence-electron chi connectivity index (χ3n) is 4.19. The molecule has 3 aliphatic heterocycles. The molecule has 0 saturated carbocycles. The predicted molar refractivity (Wildman–Crippen MR) is 135 cm³/mol. The number of hydrogen-bond donors (Lipinski definition) is 5. The second-order valence-corrected chi connectivity index (χ2v) is 9.23. The summed E-state index contributed by atoms with van der Waals surface area (Å²) in [6.45, 7) is 9.57. The van der Waals surface area contributed by atoms with E-state index in [9.17, 15) is 28.8 Å². The maximum absolute atomic E-state index is 11.2. The van der Waals surface area contributed by atoms with Crippen LogP contribution in [0.3, 0.4) is 0 Å². The molecule has 3 fully saturated rings. The molecule has 0 aromatic carbocycles. The van der Waals surface area contributed by atoms with Crippen LogP contribution in [0.25, 0.3) is 0 Å². The normalized spacial score (nSPS) is 19.8. The fraction of sp³-hybridized carbons (Fsp3) is 0.600. The molecule has 0 aromatic heterocycles. The van der Waals surface area contributed by atoms with Crippen LogP contribution in [-0.2, 0) is 14.4 Å². The fourth-order valence-electron chi connectivity index (χ4n) is 2.00. The topological polar surface area (TPSA) is 252 Å². The van der Waals surface area contributed by atoms with E-state index in [1.165, 1.54) is 0 Å². The van der Waals surface area contributed by atoms with Crippen LogP contribution in [0.2, 0.25) is 0 Å². The minimum absolute atomic E-state index is 0. The van der Waals surface area contributed by atoms with E-state index in [2.05, 4.69) is 44.0 Å². The molecule has 9 amide bonds. The van der Waals surface area contributed by atoms with Crippen molar-refractivity contribution in [3.8, 4) is 0 Å². The van der Waals surface area contributed by atoms with Crippen LogP contribution >= 0.6 is 67.8 Å². The molecule has 21 heteroatoms. The van der Waals surface area contributed by atoms with Crippen molar-refractivity contribution in [2.24, 2.45) is 0 Å². The Labute approximate surface area is 238 Å². The molecular formula is C15H27Br2Cl3N6O10. The molecule has 3 saturated heterocycles. The molecule has 3 aliphatic rings. The number of rotatable bonds is 0. The van der Waals surface area contributed by atoms with Gasteiger partial charge in [-0.3, -0.25) is 29.7 Å². The average molecular weight is 718 g/mol. The smallest absolute Gasteiger partial charge is 0.352 e. The molecule has 0 bridgehead atoms. The summed E-state index contributed by atoms with van der Waals surface area (Å²) in [5.41, 5.74) is -2.60. The molecule has 9 N–H and O–H groups in total. The van der Waals surface area contributed by atoms with Gasteiger partial charge in [-0.25, -0.2) is 23.2 Å². The summed E-state index contributed by atoms with van der Waals surface area (Å²) in [7, 11) is 0. The van der Waals surface area contributed by atoms with Crippen LogP contribution in [0.15, 0.2) is 0 Å². The maximum atomic E-state index is 11.2. The van der Waals surface area contributed by atoms with Crippen molar-refractivity contribution in [3.05, 3.63) is 0 Å². The average Bonchev–Trinajstić information content (AvgIpc) is 3.17. The number of halogens is 5. The van der Waals surface area contributed by atoms with Crippen molar-refractivity contribution >= 4 is 104 Å². The molecule has 0 spiro atoms. The summed E-state index contributed by atoms with van der Waals surface area (Å²) >= 11 is 19.4. The summed E-state index contributed by atoms with van der Waals surface area (Å²) in [6.07, 6.45) is 0. The molecule has 0 aromatic rings. The van der Waals surface area contributed by atoms with Crippen LogP contribution in [0, 0.1) is 0 Å². The summed E-state index contributed by atoms with van der Waals surface area (Å²) in [5.74, 6) is -1.00. The zero-order chi connectivity index (χ0) is 27.8. The highest BCUT2D eigenvalue weighted by Crippen LogP contribution is 2.31. The number of carbonyl (C=O) groups excluding carboxylic acids is 6. The Bertz CT molecular complexity index is 834. The highest BCUT2D eigenvalue weighted by atomic mass is 79.9. The lowest BCUT2D eigenvalue weighted by Crippen LogP contribution is -2.39. The Morgan fingerprint density at radius 1 is 0.750 bits per heavy atom. The standard InChI is InChI=1S/C5H6BrClN2O2.C5H7ClN2O2.C5H8N2O2.BrHO.ClHO.2H2O/c1-5(2)3(10)8(6)4(11)9(5)7;1-5(2)3(9)7-4(10)8(5)6;1-5(2)3(8)6-4(9)7-5;2*1-2;;/h1-2H3;1-2H3,(H,7,9,10);1-2H3,(H2,6,7,8,9);2*2H;2*1H2. The maximum Gasteiger partial charge on any atom is 0.352 e. The molecule has 0 atom stereocenters. The molecule has 3 heterocycles. The van der Waals surface area contributed by atoms with E-state index >= 15 is 0 Å². The van der Waals surface area contributed by atoms with Gasteiger partial charge in [-0.2, -0.15) is 3.93 Å². The lowest BCUT2D eigenvalue weighted by molar-refractivity contribution is -0.127. The Kier molecular flexibility index (Phi) is 18.9. The van der Waals surface area contributed by atoms with Gasteiger partial charge in [0, 0.05) is 23.6 Å². The Morgan fingerprint density at radius 3 is 1.25 bits per heavy atom. The lowest BCUT2D eigenvalue weighted by atomic mass is 10.1. The molecule has 0 unspecified atom stereocenters. The molecule has 16 nitrogen and oxygen atoms in total. The number of amides is 9. The van der Waals surface area contributed by atoms with Gasteiger partial charge in [0.05, 0.1) is 44.3 Å². The van der Waals surface area contributed by atoms with Crippen molar-refractivity contribution in [2.45, 2.75) is 58.2 Å². The second kappa shape index (κ2) is 16.4. The highest BCUT2D eigenvalue weighted by molar-refractivity contribution is 9.08. The predicted octanol–water partition coefficient (Wildman–Crippen LogP) is 0.340. The largest absolute Gasteiger partial charge is 0.412 e. The van der Waals surface area contributed by atoms with E-state index in [1.54, 1.807) is 41.5 Å². The monoisotopic (exact) mass is 714 g/mol. The number of carbonyl (C=O) groups is 6. The summed E-state index contributed by atoms with van der Waals surface area (Å²) in [5, 5.41) is 6.63. The number of imide groups is 3. The first-order chi connectivity index (χ1) is 15.4. The minimum Gasteiger partial charge on any atom is -0.412 e. The van der Waals surface area contributed by atoms with Crippen molar-refractivity contribution < 1.29 is 48.6 Å². The van der Waals surface area contributed by atoms with E-state index in [4.69, 9.17) is 32.4 Å². The van der Waals surface area contributed by atoms with E-state index < -0.39 is 34.7 Å². The molecule has 3 rings (SSSR count). The van der Waals surface area contributed by atoms with Crippen LogP contribution in [0.1, 0.15) is 41.5 Å². The van der Waals surface area contributed by atoms with Gasteiger partial charge in [0.15, 0.2) is 0 Å². The summed E-state index contributed by atoms with van der Waals surface area (Å²) in [6, 6.07) is -1.52. The van der Waals surface area contributed by atoms with E-state index in [1.807, 2.05) is 16.3 Å². The molecule has 212 valence electrons. The zero-order valence-electron chi connectivity index (χ0n) is 19.6. The van der Waals surface area contributed by atoms with Crippen molar-refractivity contribution in [1.82, 2.24) is 28.7 Å². The number of nitrogens with one attached hydrogen (secondary N) is 3. The second-order valence-electron chi connectivity index (χ2n) is 7.84. The Morgan fingerprint density at radius 2 is 1.17 bits per heavy atom. The quantitative estimate of drug-likeness (QED) is 0.172. The van der Waals surface area contributed by atoms with Crippen LogP contribution < -0.4 is 16.0 Å². The lowest BCUT2D eigenvalue weighted by Gasteiger charge is -2.19. The minimum atomic E-state index is -0.956. The SMILES string of the molecule is CC1(C)C(=O)N(Br)C(=O)N1Cl.CC1(C)C(=O)NC(=O)N1Cl.CC1(C)NC(=O)NC1=O.O.O.OBr.OCl. The number of hydrogen-bond acceptors (Lipinski definition) is 8. The third kappa shape index (κ3) is 9.75. The molecular weight excluding hydrogens is 690 g/mol. The van der Waals surface area contributed by atoms with Gasteiger partial charge < -0.3 is 20.5 Å². The highest BCUT2D eigenvalue weighted by Gasteiger charge is 2.50. The molecule has 36 heavy (non-hydrogen) atoms. The van der Waals surface area contributed by atoms with Crippen LogP contribution in [0.5, 0.6) is 0 Å². The van der Waals surface area contributed by atoms with Gasteiger partial charge in [0.25, 0.3) is 17.7 Å². The van der Waals surface area contributed by atoms with E-state index in [-0.39, 0.29) is 28.7 Å². The van der Waals surface area contributed by atoms with Gasteiger partial charge in [-0.05, 0) is 41.5 Å². The van der Waals surface area contributed by atoms with Gasteiger partial charge in [-0.15, -0.1) is 0 Å². The van der Waals surface area contributed by atoms with Crippen LogP contribution in [0.4, 0.5) is 14.4 Å². The van der Waals surface area contributed by atoms with Gasteiger partial charge >= 0.3 is 18.1 Å². The zero-order valence-corrected chi connectivity index (χ0v) is 25.0. The van der Waals surface area contributed by atoms with E-state index in [0.29, 0.717) is 0 Å². The molecule has 0 aliphatic carbocycles. The number of nitrogens with zero attached hydrogens (tertiary/aromatic N) is 3. The Hall–Kier alpha value is -1.51. The number of urea groups is 3. The summed E-state index contributed by atoms with van der Waals surface area (Å²) in [4.78, 5) is 64.8. The van der Waals surface area contributed by atoms with Gasteiger partial charge in [0.1, 0.15) is 16.6 Å². The first-order valence-electron chi connectivity index (χ1n) is 8.66. The summed E-state index contributed by atoms with van der Waals surface area (Å²) < 4.78 is 15.8. The van der Waals surface area contributed by atoms with Crippen molar-refractivity contribution in [1.29, 1.82) is 0 Å². The third-order valence-corrected chi connectivity index (χ3v) is 5.96.